The summed E-state index contributed by atoms with van der Waals surface area (Å²) in [5.41, 5.74) is 0.604. The summed E-state index contributed by atoms with van der Waals surface area (Å²) in [5, 5.41) is 17.7. The zero-order valence-corrected chi connectivity index (χ0v) is 10.4. The van der Waals surface area contributed by atoms with E-state index in [0.29, 0.717) is 6.61 Å². The lowest BCUT2D eigenvalue weighted by Crippen LogP contribution is -2.10. The van der Waals surface area contributed by atoms with Gasteiger partial charge >= 0.3 is 0 Å². The maximum absolute atomic E-state index is 8.89. The quantitative estimate of drug-likeness (QED) is 0.769. The Labute approximate surface area is 103 Å². The van der Waals surface area contributed by atoms with Crippen molar-refractivity contribution in [1.82, 2.24) is 0 Å². The molecule has 0 fully saturated rings. The van der Waals surface area contributed by atoms with Crippen LogP contribution in [0.3, 0.4) is 0 Å². The summed E-state index contributed by atoms with van der Waals surface area (Å²) in [6.07, 6.45) is 1.69. The lowest BCUT2D eigenvalue weighted by Gasteiger charge is -2.14. The molecule has 0 heterocycles. The minimum Gasteiger partial charge on any atom is -0.494 e. The molecule has 0 radical (unpaired) electrons. The van der Waals surface area contributed by atoms with Crippen LogP contribution in [0.4, 0.5) is 0 Å². The number of benzene rings is 1. The predicted octanol–water partition coefficient (Wildman–Crippen LogP) is 2.89. The van der Waals surface area contributed by atoms with Crippen molar-refractivity contribution in [2.45, 2.75) is 33.3 Å². The second kappa shape index (κ2) is 6.27. The third-order valence-electron chi connectivity index (χ3n) is 2.62. The van der Waals surface area contributed by atoms with Crippen molar-refractivity contribution in [1.29, 1.82) is 5.26 Å². The Bertz CT molecular complexity index is 376. The molecule has 0 aliphatic rings. The normalized spacial score (nSPS) is 10.9. The van der Waals surface area contributed by atoms with Crippen molar-refractivity contribution >= 4 is 0 Å². The Balaban J connectivity index is 2.29. The third kappa shape index (κ3) is 4.88. The number of nitriles is 1. The highest BCUT2D eigenvalue weighted by molar-refractivity contribution is 5.26. The van der Waals surface area contributed by atoms with E-state index in [2.05, 4.69) is 6.07 Å². The minimum absolute atomic E-state index is 0.0522. The molecule has 0 bridgehead atoms. The van der Waals surface area contributed by atoms with Gasteiger partial charge in [0.1, 0.15) is 5.75 Å². The molecular weight excluding hydrogens is 214 g/mol. The zero-order valence-electron chi connectivity index (χ0n) is 10.4. The van der Waals surface area contributed by atoms with Gasteiger partial charge in [0, 0.05) is 0 Å². The molecule has 1 N–H and O–H groups in total. The molecule has 0 aliphatic carbocycles. The van der Waals surface area contributed by atoms with Crippen LogP contribution >= 0.6 is 0 Å². The average molecular weight is 233 g/mol. The second-order valence-corrected chi connectivity index (χ2v) is 4.75. The van der Waals surface area contributed by atoms with E-state index in [1.54, 1.807) is 0 Å². The molecule has 0 aromatic heterocycles. The van der Waals surface area contributed by atoms with Crippen molar-refractivity contribution < 1.29 is 9.84 Å². The minimum atomic E-state index is -0.274. The monoisotopic (exact) mass is 233 g/mol. The van der Waals surface area contributed by atoms with Crippen molar-refractivity contribution in [2.75, 3.05) is 6.61 Å². The van der Waals surface area contributed by atoms with Crippen LogP contribution in [0.25, 0.3) is 0 Å². The van der Waals surface area contributed by atoms with Gasteiger partial charge in [0.15, 0.2) is 0 Å². The number of nitrogens with zero attached hydrogens (tertiary/aromatic N) is 1. The van der Waals surface area contributed by atoms with Gasteiger partial charge < -0.3 is 9.84 Å². The molecular formula is C14H19NO2. The van der Waals surface area contributed by atoms with Gasteiger partial charge in [0.25, 0.3) is 0 Å². The maximum Gasteiger partial charge on any atom is 0.119 e. The molecule has 0 spiro atoms. The summed E-state index contributed by atoms with van der Waals surface area (Å²) in [6.45, 7) is 4.53. The Hall–Kier alpha value is -1.53. The first-order valence-electron chi connectivity index (χ1n) is 5.81. The van der Waals surface area contributed by atoms with Crippen LogP contribution in [0.2, 0.25) is 0 Å². The van der Waals surface area contributed by atoms with E-state index in [9.17, 15) is 0 Å². The van der Waals surface area contributed by atoms with Crippen LogP contribution in [-0.4, -0.2) is 11.7 Å². The summed E-state index contributed by atoms with van der Waals surface area (Å²) in [7, 11) is 0. The SMILES string of the molecule is CC(C)(C#N)CCCOc1ccc(CO)cc1. The van der Waals surface area contributed by atoms with Crippen molar-refractivity contribution in [2.24, 2.45) is 5.41 Å². The molecule has 17 heavy (non-hydrogen) atoms. The number of aliphatic hydroxyl groups is 1. The van der Waals surface area contributed by atoms with Crippen LogP contribution in [0.15, 0.2) is 24.3 Å². The van der Waals surface area contributed by atoms with Crippen molar-refractivity contribution in [3.8, 4) is 11.8 Å². The Kier molecular flexibility index (Phi) is 4.99. The van der Waals surface area contributed by atoms with Crippen LogP contribution in [0.5, 0.6) is 5.75 Å². The van der Waals surface area contributed by atoms with E-state index in [1.165, 1.54) is 0 Å². The second-order valence-electron chi connectivity index (χ2n) is 4.75. The first kappa shape index (κ1) is 13.5. The molecule has 3 nitrogen and oxygen atoms in total. The van der Waals surface area contributed by atoms with E-state index in [1.807, 2.05) is 38.1 Å². The van der Waals surface area contributed by atoms with Gasteiger partial charge in [-0.3, -0.25) is 0 Å². The van der Waals surface area contributed by atoms with E-state index in [0.717, 1.165) is 24.2 Å². The Morgan fingerprint density at radius 2 is 1.94 bits per heavy atom. The summed E-state index contributed by atoms with van der Waals surface area (Å²) < 4.78 is 5.55. The Morgan fingerprint density at radius 1 is 1.29 bits per heavy atom. The van der Waals surface area contributed by atoms with Gasteiger partial charge in [-0.05, 0) is 44.4 Å². The molecule has 0 atom stereocenters. The topological polar surface area (TPSA) is 53.2 Å². The third-order valence-corrected chi connectivity index (χ3v) is 2.62. The van der Waals surface area contributed by atoms with Gasteiger partial charge in [0.05, 0.1) is 24.7 Å². The summed E-state index contributed by atoms with van der Waals surface area (Å²) in [6, 6.07) is 9.65. The molecule has 92 valence electrons. The molecule has 1 rings (SSSR count). The van der Waals surface area contributed by atoms with Gasteiger partial charge in [-0.1, -0.05) is 12.1 Å². The average Bonchev–Trinajstić information content (AvgIpc) is 2.35. The maximum atomic E-state index is 8.89. The van der Waals surface area contributed by atoms with Gasteiger partial charge in [-0.15, -0.1) is 0 Å². The molecule has 1 aromatic carbocycles. The first-order chi connectivity index (χ1) is 8.07. The number of rotatable bonds is 6. The smallest absolute Gasteiger partial charge is 0.119 e. The van der Waals surface area contributed by atoms with Gasteiger partial charge in [0.2, 0.25) is 0 Å². The van der Waals surface area contributed by atoms with E-state index < -0.39 is 0 Å². The molecule has 0 unspecified atom stereocenters. The standard InChI is InChI=1S/C14H19NO2/c1-14(2,11-15)8-3-9-17-13-6-4-12(10-16)5-7-13/h4-7,16H,3,8-10H2,1-2H3. The number of hydrogen-bond acceptors (Lipinski definition) is 3. The van der Waals surface area contributed by atoms with E-state index >= 15 is 0 Å². The highest BCUT2D eigenvalue weighted by Crippen LogP contribution is 2.21. The van der Waals surface area contributed by atoms with Crippen LogP contribution < -0.4 is 4.74 Å². The summed E-state index contributed by atoms with van der Waals surface area (Å²) in [4.78, 5) is 0. The fraction of sp³-hybridized carbons (Fsp3) is 0.500. The Morgan fingerprint density at radius 3 is 2.47 bits per heavy atom. The zero-order chi connectivity index (χ0) is 12.7. The van der Waals surface area contributed by atoms with Gasteiger partial charge in [-0.2, -0.15) is 5.26 Å². The first-order valence-corrected chi connectivity index (χ1v) is 5.81. The molecule has 0 amide bonds. The lowest BCUT2D eigenvalue weighted by atomic mass is 9.90. The molecule has 0 saturated heterocycles. The van der Waals surface area contributed by atoms with E-state index in [4.69, 9.17) is 15.1 Å². The fourth-order valence-electron chi connectivity index (χ4n) is 1.45. The van der Waals surface area contributed by atoms with Crippen LogP contribution in [0.1, 0.15) is 32.3 Å². The van der Waals surface area contributed by atoms with Crippen molar-refractivity contribution in [3.05, 3.63) is 29.8 Å². The van der Waals surface area contributed by atoms with Crippen LogP contribution in [-0.2, 0) is 6.61 Å². The molecule has 1 aromatic rings. The highest BCUT2D eigenvalue weighted by Gasteiger charge is 2.15. The van der Waals surface area contributed by atoms with Gasteiger partial charge in [-0.25, -0.2) is 0 Å². The lowest BCUT2D eigenvalue weighted by molar-refractivity contribution is 0.278. The van der Waals surface area contributed by atoms with Crippen molar-refractivity contribution in [3.63, 3.8) is 0 Å². The predicted molar refractivity (Wildman–Crippen MR) is 66.5 cm³/mol. The fourth-order valence-corrected chi connectivity index (χ4v) is 1.45. The largest absolute Gasteiger partial charge is 0.494 e. The molecule has 0 aliphatic heterocycles. The molecule has 3 heteroatoms. The summed E-state index contributed by atoms with van der Waals surface area (Å²) in [5.74, 6) is 0.803. The highest BCUT2D eigenvalue weighted by atomic mass is 16.5. The summed E-state index contributed by atoms with van der Waals surface area (Å²) >= 11 is 0. The van der Waals surface area contributed by atoms with E-state index in [-0.39, 0.29) is 12.0 Å². The number of hydrogen-bond donors (Lipinski definition) is 1. The molecule has 0 saturated carbocycles. The van der Waals surface area contributed by atoms with Crippen LogP contribution in [0, 0.1) is 16.7 Å². The number of ether oxygens (including phenoxy) is 1. The number of aliphatic hydroxyl groups excluding tert-OH is 1.